The van der Waals surface area contributed by atoms with Crippen molar-refractivity contribution >= 4 is 17.9 Å². The zero-order valence-corrected chi connectivity index (χ0v) is 65.6. The molecule has 0 fully saturated rings. The van der Waals surface area contributed by atoms with Gasteiger partial charge in [-0.2, -0.15) is 0 Å². The van der Waals surface area contributed by atoms with Crippen LogP contribution in [0.2, 0.25) is 0 Å². The number of quaternary nitrogens is 1. The number of carboxylic acid groups (broad SMARTS) is 1. The zero-order valence-electron chi connectivity index (χ0n) is 65.6. The van der Waals surface area contributed by atoms with E-state index in [1.807, 2.05) is 21.1 Å². The van der Waals surface area contributed by atoms with Gasteiger partial charge in [0.1, 0.15) is 13.2 Å². The van der Waals surface area contributed by atoms with Crippen LogP contribution in [0.4, 0.5) is 0 Å². The van der Waals surface area contributed by atoms with Crippen LogP contribution in [0.25, 0.3) is 0 Å². The van der Waals surface area contributed by atoms with Gasteiger partial charge in [-0.3, -0.25) is 9.59 Å². The largest absolute Gasteiger partial charge is 0.545 e. The molecule has 0 N–H and O–H groups in total. The highest BCUT2D eigenvalue weighted by atomic mass is 16.7. The molecule has 0 aromatic heterocycles. The number of esters is 2. The van der Waals surface area contributed by atoms with Crippen LogP contribution in [0, 0.1) is 0 Å². The normalized spacial score (nSPS) is 13.2. The predicted octanol–water partition coefficient (Wildman–Crippen LogP) is 25.9. The van der Waals surface area contributed by atoms with Crippen LogP contribution in [0.1, 0.15) is 386 Å². The molecular weight excluding hydrogens is 1220 g/mol. The first-order chi connectivity index (χ1) is 48.6. The number of hydrogen-bond donors (Lipinski definition) is 0. The topological polar surface area (TPSA) is 111 Å². The van der Waals surface area contributed by atoms with Gasteiger partial charge in [-0.05, 0) is 103 Å². The fourth-order valence-electron chi connectivity index (χ4n) is 12.1. The molecule has 0 radical (unpaired) electrons. The molecule has 0 saturated heterocycles. The van der Waals surface area contributed by atoms with Gasteiger partial charge in [-0.15, -0.1) is 0 Å². The van der Waals surface area contributed by atoms with Crippen LogP contribution in [0.3, 0.4) is 0 Å². The second-order valence-corrected chi connectivity index (χ2v) is 29.4. The fraction of sp³-hybridized carbons (Fsp3) is 0.767. The smallest absolute Gasteiger partial charge is 0.306 e. The number of carbonyl (C=O) groups is 3. The van der Waals surface area contributed by atoms with Crippen molar-refractivity contribution in [3.63, 3.8) is 0 Å². The van der Waals surface area contributed by atoms with E-state index in [4.69, 9.17) is 18.9 Å². The Hall–Kier alpha value is -4.05. The van der Waals surface area contributed by atoms with E-state index in [0.717, 1.165) is 96.3 Å². The monoisotopic (exact) mass is 1380 g/mol. The Labute approximate surface area is 613 Å². The van der Waals surface area contributed by atoms with E-state index in [1.165, 1.54) is 257 Å². The van der Waals surface area contributed by atoms with Gasteiger partial charge in [0.2, 0.25) is 0 Å². The summed E-state index contributed by atoms with van der Waals surface area (Å²) in [6.45, 7) is 4.67. The summed E-state index contributed by atoms with van der Waals surface area (Å²) in [5.74, 6) is -2.27. The van der Waals surface area contributed by atoms with Gasteiger partial charge in [-0.1, -0.05) is 380 Å². The van der Waals surface area contributed by atoms with Crippen molar-refractivity contribution in [1.82, 2.24) is 0 Å². The molecule has 0 aromatic carbocycles. The van der Waals surface area contributed by atoms with Crippen molar-refractivity contribution in [2.24, 2.45) is 0 Å². The number of carboxylic acids is 1. The summed E-state index contributed by atoms with van der Waals surface area (Å²) in [6, 6.07) is 0. The van der Waals surface area contributed by atoms with E-state index in [-0.39, 0.29) is 32.2 Å². The Kier molecular flexibility index (Phi) is 76.4. The molecule has 99 heavy (non-hydrogen) atoms. The van der Waals surface area contributed by atoms with Crippen molar-refractivity contribution in [2.75, 3.05) is 47.5 Å². The summed E-state index contributed by atoms with van der Waals surface area (Å²) >= 11 is 0. The first-order valence-corrected chi connectivity index (χ1v) is 42.0. The Balaban J connectivity index is 4.00. The lowest BCUT2D eigenvalue weighted by Gasteiger charge is -2.26. The van der Waals surface area contributed by atoms with Gasteiger partial charge in [0.15, 0.2) is 12.4 Å². The lowest BCUT2D eigenvalue weighted by molar-refractivity contribution is -0.870. The van der Waals surface area contributed by atoms with E-state index in [9.17, 15) is 19.5 Å². The lowest BCUT2D eigenvalue weighted by atomic mass is 10.0. The standard InChI is InChI=1S/C90H159NO8/c1-6-8-10-12-14-16-18-20-22-24-26-28-30-32-34-36-38-40-42-43-44-45-47-48-50-52-54-56-58-60-62-64-66-68-70-72-74-76-78-80-87(92)97-84-86(85-98-90(89(94)95)96-83-82-91(3,4)5)99-88(93)81-79-77-75-73-71-69-67-65-63-61-59-57-55-53-51-49-46-41-39-37-35-33-31-29-27-25-23-21-19-17-15-13-11-9-7-2/h9,11,15,17,21,23-24,26-27,29,33,35,39,41,49,51,55,57,86,90H,6-8,10,12-14,16,18-20,22,25,28,30-32,34,36-38,40,42-48,50,52-54,56,58-85H2,1-5H3/b11-9-,17-15-,23-21-,26-24-,29-27-,35-33-,41-39-,51-49-,57-55-. The lowest BCUT2D eigenvalue weighted by Crippen LogP contribution is -2.44. The van der Waals surface area contributed by atoms with Crippen LogP contribution in [0.5, 0.6) is 0 Å². The maximum Gasteiger partial charge on any atom is 0.306 e. The van der Waals surface area contributed by atoms with Gasteiger partial charge >= 0.3 is 11.9 Å². The van der Waals surface area contributed by atoms with Crippen molar-refractivity contribution in [3.05, 3.63) is 109 Å². The molecule has 0 saturated carbocycles. The second kappa shape index (κ2) is 79.6. The Morgan fingerprint density at radius 3 is 0.869 bits per heavy atom. The average molecular weight is 1380 g/mol. The summed E-state index contributed by atoms with van der Waals surface area (Å²) < 4.78 is 22.9. The third-order valence-corrected chi connectivity index (χ3v) is 18.5. The molecule has 0 amide bonds. The number of ether oxygens (including phenoxy) is 4. The highest BCUT2D eigenvalue weighted by Crippen LogP contribution is 2.19. The zero-order chi connectivity index (χ0) is 71.8. The fourth-order valence-corrected chi connectivity index (χ4v) is 12.1. The summed E-state index contributed by atoms with van der Waals surface area (Å²) in [5.41, 5.74) is 0. The van der Waals surface area contributed by atoms with Gasteiger partial charge < -0.3 is 33.3 Å². The highest BCUT2D eigenvalue weighted by Gasteiger charge is 2.22. The van der Waals surface area contributed by atoms with Crippen LogP contribution in [-0.2, 0) is 33.3 Å². The minimum atomic E-state index is -1.63. The number of nitrogens with zero attached hydrogens (tertiary/aromatic N) is 1. The molecule has 0 bridgehead atoms. The second-order valence-electron chi connectivity index (χ2n) is 29.4. The number of aliphatic carboxylic acids is 1. The molecule has 0 aromatic rings. The van der Waals surface area contributed by atoms with E-state index in [1.54, 1.807) is 0 Å². The number of carbonyl (C=O) groups excluding carboxylic acids is 3. The minimum absolute atomic E-state index is 0.144. The maximum atomic E-state index is 13.0. The molecule has 0 heterocycles. The molecule has 2 unspecified atom stereocenters. The Morgan fingerprint density at radius 1 is 0.313 bits per heavy atom. The molecule has 572 valence electrons. The first kappa shape index (κ1) is 94.9. The third kappa shape index (κ3) is 81.1. The van der Waals surface area contributed by atoms with Crippen molar-refractivity contribution in [2.45, 2.75) is 399 Å². The molecule has 2 atom stereocenters. The quantitative estimate of drug-likeness (QED) is 0.0195. The number of rotatable bonds is 78. The van der Waals surface area contributed by atoms with Gasteiger partial charge in [-0.25, -0.2) is 0 Å². The predicted molar refractivity (Wildman–Crippen MR) is 426 cm³/mol. The molecule has 0 spiro atoms. The molecule has 9 heteroatoms. The SMILES string of the molecule is CC/C=C\C/C=C\C/C=C\C/C=C\C/C=C\C/C=C\C/C=C\C/C=C\CCCCCCCCCCCCC(=O)OC(COC(=O)CCCCCCCCCCCCCCCCCCCCCCCCCCCCC/C=C\CCCCCCCCCC)COC(OCC[N+](C)(C)C)C(=O)[O-]. The molecule has 0 aliphatic rings. The molecule has 0 aliphatic carbocycles. The van der Waals surface area contributed by atoms with Gasteiger partial charge in [0.05, 0.1) is 40.3 Å². The first-order valence-electron chi connectivity index (χ1n) is 42.0. The van der Waals surface area contributed by atoms with Crippen LogP contribution >= 0.6 is 0 Å². The number of unbranched alkanes of at least 4 members (excludes halogenated alkanes) is 45. The minimum Gasteiger partial charge on any atom is -0.545 e. The number of likely N-dealkylation sites (N-methyl/N-ethyl adjacent to an activating group) is 1. The molecular formula is C90H159NO8. The third-order valence-electron chi connectivity index (χ3n) is 18.5. The average Bonchev–Trinajstić information content (AvgIpc) is 1.16. The van der Waals surface area contributed by atoms with Crippen LogP contribution in [0.15, 0.2) is 109 Å². The molecule has 0 rings (SSSR count). The van der Waals surface area contributed by atoms with E-state index in [0.29, 0.717) is 23.9 Å². The van der Waals surface area contributed by atoms with Crippen molar-refractivity contribution in [3.8, 4) is 0 Å². The van der Waals surface area contributed by atoms with Crippen LogP contribution in [-0.4, -0.2) is 82.3 Å². The van der Waals surface area contributed by atoms with E-state index >= 15 is 0 Å². The summed E-state index contributed by atoms with van der Waals surface area (Å²) in [6.07, 6.45) is 109. The maximum absolute atomic E-state index is 13.0. The molecule has 0 aliphatic heterocycles. The van der Waals surface area contributed by atoms with E-state index < -0.39 is 24.3 Å². The summed E-state index contributed by atoms with van der Waals surface area (Å²) in [7, 11) is 5.94. The number of hydrogen-bond acceptors (Lipinski definition) is 8. The van der Waals surface area contributed by atoms with Gasteiger partial charge in [0.25, 0.3) is 0 Å². The summed E-state index contributed by atoms with van der Waals surface area (Å²) in [4.78, 5) is 37.6. The highest BCUT2D eigenvalue weighted by molar-refractivity contribution is 5.70. The van der Waals surface area contributed by atoms with Crippen LogP contribution < -0.4 is 5.11 Å². The van der Waals surface area contributed by atoms with Gasteiger partial charge in [0, 0.05) is 12.8 Å². The van der Waals surface area contributed by atoms with Crippen molar-refractivity contribution < 1.29 is 42.9 Å². The van der Waals surface area contributed by atoms with E-state index in [2.05, 4.69) is 123 Å². The Bertz CT molecular complexity index is 2000. The summed E-state index contributed by atoms with van der Waals surface area (Å²) in [5, 5.41) is 11.9. The van der Waals surface area contributed by atoms with Crippen molar-refractivity contribution in [1.29, 1.82) is 0 Å². The molecule has 9 nitrogen and oxygen atoms in total. The Morgan fingerprint density at radius 2 is 0.576 bits per heavy atom. The number of allylic oxidation sites excluding steroid dienone is 18.